The number of methoxy groups -OCH3 is 1. The Balaban J connectivity index is 1.72. The zero-order valence-corrected chi connectivity index (χ0v) is 15.6. The Kier molecular flexibility index (Phi) is 4.47. The molecule has 0 unspecified atom stereocenters. The summed E-state index contributed by atoms with van der Waals surface area (Å²) in [6.07, 6.45) is 1.74. The first-order valence-corrected chi connectivity index (χ1v) is 9.10. The number of ether oxygens (including phenoxy) is 1. The molecular weight excluding hydrogens is 386 g/mol. The molecule has 0 aliphatic carbocycles. The number of carbonyl (C=O) groups is 1. The number of hydrogen-bond donors (Lipinski definition) is 0. The molecule has 0 atom stereocenters. The Morgan fingerprint density at radius 3 is 2.67 bits per heavy atom. The maximum Gasteiger partial charge on any atom is 0.337 e. The number of esters is 1. The molecule has 8 heteroatoms. The molecular formula is C19H12ClN3O3S. The number of hydrogen-bond acceptors (Lipinski definition) is 6. The van der Waals surface area contributed by atoms with Gasteiger partial charge in [-0.2, -0.15) is 9.50 Å². The molecule has 2 heterocycles. The predicted molar refractivity (Wildman–Crippen MR) is 104 cm³/mol. The predicted octanol–water partition coefficient (Wildman–Crippen LogP) is 2.81. The van der Waals surface area contributed by atoms with E-state index < -0.39 is 5.97 Å². The van der Waals surface area contributed by atoms with Crippen molar-refractivity contribution in [2.75, 3.05) is 7.11 Å². The van der Waals surface area contributed by atoms with Gasteiger partial charge in [0.1, 0.15) is 0 Å². The second-order valence-electron chi connectivity index (χ2n) is 5.67. The second kappa shape index (κ2) is 6.94. The van der Waals surface area contributed by atoms with Crippen LogP contribution in [0.25, 0.3) is 22.4 Å². The molecule has 0 saturated carbocycles. The highest BCUT2D eigenvalue weighted by Crippen LogP contribution is 2.20. The number of halogens is 1. The third-order valence-corrected chi connectivity index (χ3v) is 5.09. The van der Waals surface area contributed by atoms with Crippen LogP contribution in [0, 0.1) is 0 Å². The van der Waals surface area contributed by atoms with E-state index in [4.69, 9.17) is 11.6 Å². The van der Waals surface area contributed by atoms with Crippen molar-refractivity contribution < 1.29 is 9.53 Å². The topological polar surface area (TPSA) is 73.6 Å². The summed E-state index contributed by atoms with van der Waals surface area (Å²) < 4.78 is 6.47. The Labute approximate surface area is 162 Å². The van der Waals surface area contributed by atoms with Gasteiger partial charge in [0.05, 0.1) is 17.2 Å². The molecule has 27 heavy (non-hydrogen) atoms. The van der Waals surface area contributed by atoms with Crippen LogP contribution in [0.3, 0.4) is 0 Å². The third kappa shape index (κ3) is 3.34. The van der Waals surface area contributed by atoms with Crippen LogP contribution in [0.2, 0.25) is 5.02 Å². The van der Waals surface area contributed by atoms with E-state index in [0.29, 0.717) is 25.9 Å². The number of benzene rings is 2. The van der Waals surface area contributed by atoms with Crippen LogP contribution >= 0.6 is 22.9 Å². The van der Waals surface area contributed by atoms with Gasteiger partial charge >= 0.3 is 5.97 Å². The van der Waals surface area contributed by atoms with Crippen molar-refractivity contribution in [3.05, 3.63) is 79.6 Å². The summed E-state index contributed by atoms with van der Waals surface area (Å²) in [6.45, 7) is 0. The highest BCUT2D eigenvalue weighted by atomic mass is 35.5. The minimum atomic E-state index is -0.404. The Morgan fingerprint density at radius 2 is 2.00 bits per heavy atom. The van der Waals surface area contributed by atoms with Gasteiger partial charge in [-0.25, -0.2) is 4.79 Å². The van der Waals surface area contributed by atoms with Crippen LogP contribution in [0.15, 0.2) is 53.3 Å². The van der Waals surface area contributed by atoms with E-state index in [9.17, 15) is 9.59 Å². The van der Waals surface area contributed by atoms with Gasteiger partial charge in [-0.1, -0.05) is 47.2 Å². The van der Waals surface area contributed by atoms with Crippen LogP contribution in [-0.4, -0.2) is 27.7 Å². The highest BCUT2D eigenvalue weighted by molar-refractivity contribution is 7.15. The van der Waals surface area contributed by atoms with Gasteiger partial charge in [-0.15, -0.1) is 5.10 Å². The van der Waals surface area contributed by atoms with Gasteiger partial charge in [0.15, 0.2) is 5.82 Å². The molecule has 0 radical (unpaired) electrons. The molecule has 0 spiro atoms. The average molecular weight is 398 g/mol. The first-order valence-electron chi connectivity index (χ1n) is 7.91. The summed E-state index contributed by atoms with van der Waals surface area (Å²) in [5.74, 6) is 0.0493. The number of nitrogens with zero attached hydrogens (tertiary/aromatic N) is 3. The molecule has 0 N–H and O–H groups in total. The van der Waals surface area contributed by atoms with Crippen LogP contribution in [0.4, 0.5) is 0 Å². The summed E-state index contributed by atoms with van der Waals surface area (Å²) >= 11 is 7.25. The van der Waals surface area contributed by atoms with Crippen molar-refractivity contribution in [1.29, 1.82) is 0 Å². The van der Waals surface area contributed by atoms with Gasteiger partial charge in [-0.3, -0.25) is 4.79 Å². The number of aromatic nitrogens is 3. The van der Waals surface area contributed by atoms with Crippen LogP contribution < -0.4 is 10.1 Å². The van der Waals surface area contributed by atoms with Crippen molar-refractivity contribution in [2.24, 2.45) is 0 Å². The standard InChI is InChI=1S/C19H12ClN3O3S/c1-26-18(25)12-7-5-11(6-8-12)9-15-17(24)23-19(27-15)21-16(22-23)13-3-2-4-14(20)10-13/h2-10H,1H3. The van der Waals surface area contributed by atoms with Crippen molar-refractivity contribution in [3.63, 3.8) is 0 Å². The van der Waals surface area contributed by atoms with Crippen LogP contribution in [0.5, 0.6) is 0 Å². The summed E-state index contributed by atoms with van der Waals surface area (Å²) in [5.41, 5.74) is 1.75. The lowest BCUT2D eigenvalue weighted by Crippen LogP contribution is -2.23. The third-order valence-electron chi connectivity index (χ3n) is 3.89. The minimum absolute atomic E-state index is 0.243. The Hall–Kier alpha value is -3.03. The molecule has 2 aromatic carbocycles. The normalized spacial score (nSPS) is 11.9. The molecule has 0 bridgehead atoms. The molecule has 0 saturated heterocycles. The molecule has 134 valence electrons. The van der Waals surface area contributed by atoms with Crippen LogP contribution in [0.1, 0.15) is 15.9 Å². The van der Waals surface area contributed by atoms with Crippen molar-refractivity contribution in [2.45, 2.75) is 0 Å². The minimum Gasteiger partial charge on any atom is -0.465 e. The van der Waals surface area contributed by atoms with Gasteiger partial charge in [0, 0.05) is 10.6 Å². The largest absolute Gasteiger partial charge is 0.465 e. The van der Waals surface area contributed by atoms with E-state index in [1.54, 1.807) is 42.5 Å². The maximum absolute atomic E-state index is 12.6. The van der Waals surface area contributed by atoms with Crippen molar-refractivity contribution in [1.82, 2.24) is 14.6 Å². The number of carbonyl (C=O) groups excluding carboxylic acids is 1. The van der Waals surface area contributed by atoms with Gasteiger partial charge in [-0.05, 0) is 35.9 Å². The fourth-order valence-corrected chi connectivity index (χ4v) is 3.67. The van der Waals surface area contributed by atoms with E-state index in [0.717, 1.165) is 11.1 Å². The van der Waals surface area contributed by atoms with E-state index in [-0.39, 0.29) is 5.56 Å². The smallest absolute Gasteiger partial charge is 0.337 e. The van der Waals surface area contributed by atoms with Crippen LogP contribution in [-0.2, 0) is 4.74 Å². The summed E-state index contributed by atoms with van der Waals surface area (Å²) in [5, 5.41) is 4.88. The fourth-order valence-electron chi connectivity index (χ4n) is 2.57. The van der Waals surface area contributed by atoms with Gasteiger partial charge in [0.2, 0.25) is 4.96 Å². The first-order chi connectivity index (χ1) is 13.0. The van der Waals surface area contributed by atoms with Crippen molar-refractivity contribution in [3.8, 4) is 11.4 Å². The molecule has 2 aromatic heterocycles. The molecule has 0 aliphatic heterocycles. The number of fused-ring (bicyclic) bond motifs is 1. The van der Waals surface area contributed by atoms with Crippen molar-refractivity contribution >= 4 is 39.9 Å². The number of rotatable bonds is 3. The highest BCUT2D eigenvalue weighted by Gasteiger charge is 2.12. The number of thiazole rings is 1. The monoisotopic (exact) mass is 397 g/mol. The van der Waals surface area contributed by atoms with E-state index in [1.807, 2.05) is 12.1 Å². The summed E-state index contributed by atoms with van der Waals surface area (Å²) in [4.78, 5) is 29.0. The van der Waals surface area contributed by atoms with Gasteiger partial charge in [0.25, 0.3) is 5.56 Å². The maximum atomic E-state index is 12.6. The van der Waals surface area contributed by atoms with Gasteiger partial charge < -0.3 is 4.74 Å². The van der Waals surface area contributed by atoms with E-state index >= 15 is 0 Å². The quantitative estimate of drug-likeness (QED) is 0.497. The van der Waals surface area contributed by atoms with E-state index in [2.05, 4.69) is 14.8 Å². The zero-order valence-electron chi connectivity index (χ0n) is 14.0. The lowest BCUT2D eigenvalue weighted by atomic mass is 10.1. The lowest BCUT2D eigenvalue weighted by Gasteiger charge is -1.98. The first kappa shape index (κ1) is 17.4. The van der Waals surface area contributed by atoms with E-state index in [1.165, 1.54) is 23.0 Å². The second-order valence-corrected chi connectivity index (χ2v) is 7.12. The zero-order chi connectivity index (χ0) is 19.0. The molecule has 0 aliphatic rings. The molecule has 4 rings (SSSR count). The SMILES string of the molecule is COC(=O)c1ccc(C=c2sc3nc(-c4cccc(Cl)c4)nn3c2=O)cc1. The summed E-state index contributed by atoms with van der Waals surface area (Å²) in [7, 11) is 1.33. The molecule has 0 fully saturated rings. The molecule has 6 nitrogen and oxygen atoms in total. The lowest BCUT2D eigenvalue weighted by molar-refractivity contribution is 0.0600. The Bertz CT molecular complexity index is 1260. The summed E-state index contributed by atoms with van der Waals surface area (Å²) in [6, 6.07) is 14.0. The molecule has 4 aromatic rings. The molecule has 0 amide bonds. The Morgan fingerprint density at radius 1 is 1.22 bits per heavy atom. The fraction of sp³-hybridized carbons (Fsp3) is 0.0526. The average Bonchev–Trinajstić information content (AvgIpc) is 3.22.